The molecule has 90 valence electrons. The van der Waals surface area contributed by atoms with Crippen LogP contribution in [0.4, 0.5) is 4.39 Å². The van der Waals surface area contributed by atoms with Gasteiger partial charge in [0.1, 0.15) is 11.6 Å². The van der Waals surface area contributed by atoms with Crippen molar-refractivity contribution in [3.05, 3.63) is 35.8 Å². The number of aromatic amines is 1. The summed E-state index contributed by atoms with van der Waals surface area (Å²) in [5, 5.41) is 3.94. The maximum absolute atomic E-state index is 13.0. The number of H-pyrrole nitrogens is 1. The van der Waals surface area contributed by atoms with Crippen LogP contribution < -0.4 is 5.32 Å². The zero-order valence-corrected chi connectivity index (χ0v) is 9.88. The van der Waals surface area contributed by atoms with Crippen molar-refractivity contribution in [2.75, 3.05) is 7.05 Å². The van der Waals surface area contributed by atoms with Gasteiger partial charge in [-0.3, -0.25) is 4.79 Å². The Kier molecular flexibility index (Phi) is 3.24. The van der Waals surface area contributed by atoms with E-state index in [9.17, 15) is 9.18 Å². The van der Waals surface area contributed by atoms with Gasteiger partial charge in [-0.2, -0.15) is 0 Å². The van der Waals surface area contributed by atoms with E-state index in [0.717, 1.165) is 16.5 Å². The number of rotatable bonds is 4. The first-order valence-electron chi connectivity index (χ1n) is 5.55. The van der Waals surface area contributed by atoms with E-state index in [-0.39, 0.29) is 17.6 Å². The molecule has 0 aliphatic carbocycles. The number of hydrogen-bond acceptors (Lipinski definition) is 2. The normalized spacial score (nSPS) is 12.9. The van der Waals surface area contributed by atoms with Crippen LogP contribution in [0, 0.1) is 5.82 Å². The Hall–Kier alpha value is -1.68. The van der Waals surface area contributed by atoms with E-state index in [1.165, 1.54) is 12.1 Å². The third-order valence-electron chi connectivity index (χ3n) is 2.99. The van der Waals surface area contributed by atoms with E-state index < -0.39 is 0 Å². The molecule has 0 fully saturated rings. The molecule has 0 saturated heterocycles. The summed E-state index contributed by atoms with van der Waals surface area (Å²) in [5.41, 5.74) is 1.79. The molecule has 17 heavy (non-hydrogen) atoms. The molecule has 0 radical (unpaired) electrons. The zero-order chi connectivity index (χ0) is 12.4. The van der Waals surface area contributed by atoms with Gasteiger partial charge >= 0.3 is 0 Å². The van der Waals surface area contributed by atoms with Gasteiger partial charge in [-0.15, -0.1) is 0 Å². The second-order valence-electron chi connectivity index (χ2n) is 4.16. The number of halogens is 1. The lowest BCUT2D eigenvalue weighted by Gasteiger charge is -2.11. The first-order valence-corrected chi connectivity index (χ1v) is 5.55. The Bertz CT molecular complexity index is 547. The standard InChI is InChI=1S/C13H15FN2O/c1-8(17)12(15-2)5-9-7-16-13-6-10(14)3-4-11(9)13/h3-4,6-7,12,15-16H,5H2,1-2H3. The van der Waals surface area contributed by atoms with Crippen molar-refractivity contribution in [3.8, 4) is 0 Å². The van der Waals surface area contributed by atoms with Crippen molar-refractivity contribution in [2.45, 2.75) is 19.4 Å². The number of carbonyl (C=O) groups excluding carboxylic acids is 1. The van der Waals surface area contributed by atoms with E-state index in [2.05, 4.69) is 10.3 Å². The van der Waals surface area contributed by atoms with Gasteiger partial charge in [0, 0.05) is 17.1 Å². The fraction of sp³-hybridized carbons (Fsp3) is 0.308. The van der Waals surface area contributed by atoms with Crippen LogP contribution in [0.15, 0.2) is 24.4 Å². The molecule has 0 saturated carbocycles. The molecule has 4 heteroatoms. The first kappa shape index (κ1) is 11.8. The zero-order valence-electron chi connectivity index (χ0n) is 9.88. The summed E-state index contributed by atoms with van der Waals surface area (Å²) in [6, 6.07) is 4.44. The molecule has 0 spiro atoms. The highest BCUT2D eigenvalue weighted by Crippen LogP contribution is 2.20. The second-order valence-corrected chi connectivity index (χ2v) is 4.16. The summed E-state index contributed by atoms with van der Waals surface area (Å²) in [7, 11) is 1.76. The largest absolute Gasteiger partial charge is 0.361 e. The average Bonchev–Trinajstić information content (AvgIpc) is 2.67. The Labute approximate surface area is 99.0 Å². The fourth-order valence-electron chi connectivity index (χ4n) is 2.00. The molecule has 2 rings (SSSR count). The molecular formula is C13H15FN2O. The van der Waals surface area contributed by atoms with Gasteiger partial charge in [0.05, 0.1) is 6.04 Å². The number of fused-ring (bicyclic) bond motifs is 1. The number of nitrogens with one attached hydrogen (secondary N) is 2. The van der Waals surface area contributed by atoms with E-state index in [4.69, 9.17) is 0 Å². The molecule has 3 nitrogen and oxygen atoms in total. The van der Waals surface area contributed by atoms with Crippen LogP contribution in [0.3, 0.4) is 0 Å². The summed E-state index contributed by atoms with van der Waals surface area (Å²) in [6.07, 6.45) is 2.44. The van der Waals surface area contributed by atoms with Gasteiger partial charge in [-0.25, -0.2) is 4.39 Å². The van der Waals surface area contributed by atoms with Crippen molar-refractivity contribution in [3.63, 3.8) is 0 Å². The van der Waals surface area contributed by atoms with E-state index >= 15 is 0 Å². The molecule has 1 aromatic carbocycles. The van der Waals surface area contributed by atoms with E-state index in [1.807, 2.05) is 6.20 Å². The minimum absolute atomic E-state index is 0.101. The number of ketones is 1. The minimum Gasteiger partial charge on any atom is -0.361 e. The molecule has 2 aromatic rings. The summed E-state index contributed by atoms with van der Waals surface area (Å²) in [6.45, 7) is 1.57. The predicted octanol–water partition coefficient (Wildman–Crippen LogP) is 2.03. The second kappa shape index (κ2) is 4.67. The molecule has 0 bridgehead atoms. The number of benzene rings is 1. The first-order chi connectivity index (χ1) is 8.11. The topological polar surface area (TPSA) is 44.9 Å². The number of likely N-dealkylation sites (N-methyl/N-ethyl adjacent to an activating group) is 1. The molecule has 0 aliphatic rings. The Morgan fingerprint density at radius 3 is 2.94 bits per heavy atom. The third-order valence-corrected chi connectivity index (χ3v) is 2.99. The summed E-state index contributed by atoms with van der Waals surface area (Å²) >= 11 is 0. The third kappa shape index (κ3) is 2.36. The Morgan fingerprint density at radius 1 is 1.53 bits per heavy atom. The molecule has 0 amide bonds. The van der Waals surface area contributed by atoms with Gasteiger partial charge in [0.25, 0.3) is 0 Å². The fourth-order valence-corrected chi connectivity index (χ4v) is 2.00. The maximum Gasteiger partial charge on any atom is 0.147 e. The lowest BCUT2D eigenvalue weighted by Crippen LogP contribution is -2.34. The maximum atomic E-state index is 13.0. The van der Waals surface area contributed by atoms with Crippen LogP contribution in [0.2, 0.25) is 0 Å². The highest BCUT2D eigenvalue weighted by Gasteiger charge is 2.14. The van der Waals surface area contributed by atoms with Crippen molar-refractivity contribution in [1.29, 1.82) is 0 Å². The molecule has 1 heterocycles. The van der Waals surface area contributed by atoms with Crippen LogP contribution in [0.25, 0.3) is 10.9 Å². The van der Waals surface area contributed by atoms with Crippen LogP contribution in [-0.2, 0) is 11.2 Å². The van der Waals surface area contributed by atoms with E-state index in [1.54, 1.807) is 20.0 Å². The summed E-state index contributed by atoms with van der Waals surface area (Å²) in [5.74, 6) is -0.161. The number of carbonyl (C=O) groups is 1. The molecule has 1 unspecified atom stereocenters. The van der Waals surface area contributed by atoms with Gasteiger partial charge in [-0.05, 0) is 44.2 Å². The molecule has 1 aromatic heterocycles. The van der Waals surface area contributed by atoms with Crippen LogP contribution >= 0.6 is 0 Å². The smallest absolute Gasteiger partial charge is 0.147 e. The summed E-state index contributed by atoms with van der Waals surface area (Å²) < 4.78 is 13.0. The monoisotopic (exact) mass is 234 g/mol. The highest BCUT2D eigenvalue weighted by atomic mass is 19.1. The lowest BCUT2D eigenvalue weighted by molar-refractivity contribution is -0.118. The van der Waals surface area contributed by atoms with E-state index in [0.29, 0.717) is 6.42 Å². The van der Waals surface area contributed by atoms with Gasteiger partial charge in [-0.1, -0.05) is 0 Å². The number of aromatic nitrogens is 1. The van der Waals surface area contributed by atoms with Crippen LogP contribution in [0.5, 0.6) is 0 Å². The molecule has 2 N–H and O–H groups in total. The minimum atomic E-state index is -0.261. The average molecular weight is 234 g/mol. The van der Waals surface area contributed by atoms with Crippen molar-refractivity contribution < 1.29 is 9.18 Å². The number of hydrogen-bond donors (Lipinski definition) is 2. The van der Waals surface area contributed by atoms with Crippen molar-refractivity contribution >= 4 is 16.7 Å². The lowest BCUT2D eigenvalue weighted by atomic mass is 10.0. The predicted molar refractivity (Wildman–Crippen MR) is 65.5 cm³/mol. The van der Waals surface area contributed by atoms with Crippen LogP contribution in [0.1, 0.15) is 12.5 Å². The molecule has 0 aliphatic heterocycles. The van der Waals surface area contributed by atoms with Crippen LogP contribution in [-0.4, -0.2) is 23.9 Å². The highest BCUT2D eigenvalue weighted by molar-refractivity contribution is 5.86. The van der Waals surface area contributed by atoms with Crippen molar-refractivity contribution in [2.24, 2.45) is 0 Å². The Morgan fingerprint density at radius 2 is 2.29 bits per heavy atom. The SMILES string of the molecule is CNC(Cc1c[nH]c2cc(F)ccc12)C(C)=O. The van der Waals surface area contributed by atoms with Gasteiger partial charge < -0.3 is 10.3 Å². The van der Waals surface area contributed by atoms with Gasteiger partial charge in [0.15, 0.2) is 0 Å². The van der Waals surface area contributed by atoms with Gasteiger partial charge in [0.2, 0.25) is 0 Å². The molecule has 1 atom stereocenters. The summed E-state index contributed by atoms with van der Waals surface area (Å²) in [4.78, 5) is 14.4. The number of Topliss-reactive ketones (excluding diaryl/α,β-unsaturated/α-hetero) is 1. The molecular weight excluding hydrogens is 219 g/mol. The quantitative estimate of drug-likeness (QED) is 0.850. The Balaban J connectivity index is 2.33. The van der Waals surface area contributed by atoms with Crippen molar-refractivity contribution in [1.82, 2.24) is 10.3 Å².